The predicted molar refractivity (Wildman–Crippen MR) is 75.5 cm³/mol. The van der Waals surface area contributed by atoms with Crippen molar-refractivity contribution in [2.45, 2.75) is 6.54 Å². The monoisotopic (exact) mass is 297 g/mol. The maximum Gasteiger partial charge on any atom is 0.255 e. The number of hydrogen-bond donors (Lipinski definition) is 0. The van der Waals surface area contributed by atoms with Gasteiger partial charge in [-0.2, -0.15) is 5.10 Å². The van der Waals surface area contributed by atoms with Crippen LogP contribution in [0.15, 0.2) is 30.5 Å². The van der Waals surface area contributed by atoms with Crippen LogP contribution in [0.3, 0.4) is 0 Å². The Bertz CT molecular complexity index is 610. The first-order valence-corrected chi connectivity index (χ1v) is 6.42. The molecule has 0 unspecified atom stereocenters. The van der Waals surface area contributed by atoms with Gasteiger partial charge in [-0.1, -0.05) is 29.3 Å². The number of amides is 1. The summed E-state index contributed by atoms with van der Waals surface area (Å²) in [7, 11) is 3.54. The van der Waals surface area contributed by atoms with E-state index >= 15 is 0 Å². The summed E-state index contributed by atoms with van der Waals surface area (Å²) in [6.45, 7) is 0.419. The minimum absolute atomic E-state index is 0.182. The first-order valence-electron chi connectivity index (χ1n) is 5.67. The fourth-order valence-electron chi connectivity index (χ4n) is 1.74. The maximum atomic E-state index is 12.3. The van der Waals surface area contributed by atoms with Crippen LogP contribution in [0.25, 0.3) is 0 Å². The van der Waals surface area contributed by atoms with Gasteiger partial charge in [0.2, 0.25) is 0 Å². The van der Waals surface area contributed by atoms with Gasteiger partial charge in [-0.25, -0.2) is 0 Å². The molecule has 0 atom stereocenters. The Morgan fingerprint density at radius 2 is 2.11 bits per heavy atom. The molecule has 0 saturated heterocycles. The van der Waals surface area contributed by atoms with Gasteiger partial charge in [0.05, 0.1) is 27.8 Å². The molecule has 0 radical (unpaired) electrons. The molecule has 1 heterocycles. The summed E-state index contributed by atoms with van der Waals surface area (Å²) in [6, 6.07) is 6.88. The Morgan fingerprint density at radius 3 is 2.74 bits per heavy atom. The van der Waals surface area contributed by atoms with E-state index in [0.717, 1.165) is 5.69 Å². The number of nitrogens with zero attached hydrogens (tertiary/aromatic N) is 3. The molecule has 1 aromatic heterocycles. The van der Waals surface area contributed by atoms with Crippen LogP contribution in [0.1, 0.15) is 16.1 Å². The van der Waals surface area contributed by atoms with Crippen LogP contribution in [0, 0.1) is 0 Å². The minimum Gasteiger partial charge on any atom is -0.336 e. The van der Waals surface area contributed by atoms with Gasteiger partial charge in [0.15, 0.2) is 0 Å². The molecule has 1 aromatic carbocycles. The van der Waals surface area contributed by atoms with E-state index in [2.05, 4.69) is 5.10 Å². The van der Waals surface area contributed by atoms with Gasteiger partial charge in [0.1, 0.15) is 0 Å². The largest absolute Gasteiger partial charge is 0.336 e. The third-order valence-corrected chi connectivity index (χ3v) is 3.52. The number of hydrogen-bond acceptors (Lipinski definition) is 2. The summed E-state index contributed by atoms with van der Waals surface area (Å²) in [4.78, 5) is 13.8. The van der Waals surface area contributed by atoms with E-state index < -0.39 is 0 Å². The summed E-state index contributed by atoms with van der Waals surface area (Å²) >= 11 is 11.9. The van der Waals surface area contributed by atoms with Crippen molar-refractivity contribution in [1.82, 2.24) is 14.7 Å². The number of halogens is 2. The molecule has 1 amide bonds. The molecule has 0 aliphatic rings. The van der Waals surface area contributed by atoms with E-state index in [-0.39, 0.29) is 10.9 Å². The molecule has 4 nitrogen and oxygen atoms in total. The Kier molecular flexibility index (Phi) is 4.12. The summed E-state index contributed by atoms with van der Waals surface area (Å²) in [5, 5.41) is 4.88. The van der Waals surface area contributed by atoms with Gasteiger partial charge in [-0.3, -0.25) is 9.48 Å². The van der Waals surface area contributed by atoms with Gasteiger partial charge in [0, 0.05) is 20.3 Å². The van der Waals surface area contributed by atoms with Crippen LogP contribution in [0.5, 0.6) is 0 Å². The van der Waals surface area contributed by atoms with Crippen LogP contribution >= 0.6 is 23.2 Å². The lowest BCUT2D eigenvalue weighted by Gasteiger charge is -2.17. The van der Waals surface area contributed by atoms with E-state index in [1.807, 2.05) is 19.3 Å². The molecule has 0 fully saturated rings. The highest BCUT2D eigenvalue weighted by molar-refractivity contribution is 6.43. The number of aromatic nitrogens is 2. The van der Waals surface area contributed by atoms with Crippen LogP contribution in [-0.4, -0.2) is 27.6 Å². The number of rotatable bonds is 3. The van der Waals surface area contributed by atoms with E-state index in [4.69, 9.17) is 23.2 Å². The molecular formula is C13H13Cl2N3O. The maximum absolute atomic E-state index is 12.3. The van der Waals surface area contributed by atoms with E-state index in [1.54, 1.807) is 34.8 Å². The smallest absolute Gasteiger partial charge is 0.255 e. The van der Waals surface area contributed by atoms with E-state index in [0.29, 0.717) is 17.1 Å². The molecule has 2 aromatic rings. The topological polar surface area (TPSA) is 38.1 Å². The Morgan fingerprint density at radius 1 is 1.37 bits per heavy atom. The third kappa shape index (κ3) is 3.08. The zero-order valence-electron chi connectivity index (χ0n) is 10.6. The highest BCUT2D eigenvalue weighted by Crippen LogP contribution is 2.26. The van der Waals surface area contributed by atoms with Crippen molar-refractivity contribution in [3.05, 3.63) is 51.8 Å². The fourth-order valence-corrected chi connectivity index (χ4v) is 2.12. The van der Waals surface area contributed by atoms with E-state index in [1.165, 1.54) is 0 Å². The zero-order chi connectivity index (χ0) is 14.0. The quantitative estimate of drug-likeness (QED) is 0.873. The van der Waals surface area contributed by atoms with Crippen LogP contribution in [-0.2, 0) is 13.6 Å². The van der Waals surface area contributed by atoms with Gasteiger partial charge in [0.25, 0.3) is 5.91 Å². The number of carbonyl (C=O) groups excluding carboxylic acids is 1. The molecule has 0 aliphatic carbocycles. The highest BCUT2D eigenvalue weighted by atomic mass is 35.5. The van der Waals surface area contributed by atoms with Crippen molar-refractivity contribution in [2.24, 2.45) is 7.05 Å². The van der Waals surface area contributed by atoms with Crippen molar-refractivity contribution in [3.8, 4) is 0 Å². The Labute approximate surface area is 121 Å². The van der Waals surface area contributed by atoms with Crippen molar-refractivity contribution in [1.29, 1.82) is 0 Å². The Balaban J connectivity index is 2.17. The van der Waals surface area contributed by atoms with Crippen LogP contribution in [0.4, 0.5) is 0 Å². The molecule has 0 saturated carbocycles. The first kappa shape index (κ1) is 13.9. The number of carbonyl (C=O) groups is 1. The van der Waals surface area contributed by atoms with Crippen molar-refractivity contribution in [2.75, 3.05) is 7.05 Å². The highest BCUT2D eigenvalue weighted by Gasteiger charge is 2.17. The normalized spacial score (nSPS) is 10.5. The van der Waals surface area contributed by atoms with Gasteiger partial charge in [-0.05, 0) is 18.2 Å². The lowest BCUT2D eigenvalue weighted by Crippen LogP contribution is -2.26. The molecule has 0 N–H and O–H groups in total. The molecule has 100 valence electrons. The molecule has 6 heteroatoms. The fraction of sp³-hybridized carbons (Fsp3) is 0.231. The summed E-state index contributed by atoms with van der Waals surface area (Å²) in [6.07, 6.45) is 1.83. The lowest BCUT2D eigenvalue weighted by atomic mass is 10.2. The molecule has 0 bridgehead atoms. The first-order chi connectivity index (χ1) is 8.99. The molecule has 0 aliphatic heterocycles. The average Bonchev–Trinajstić information content (AvgIpc) is 2.77. The second-order valence-electron chi connectivity index (χ2n) is 4.24. The van der Waals surface area contributed by atoms with Gasteiger partial charge < -0.3 is 4.90 Å². The summed E-state index contributed by atoms with van der Waals surface area (Å²) < 4.78 is 1.69. The van der Waals surface area contributed by atoms with Crippen molar-refractivity contribution < 1.29 is 4.79 Å². The molecule has 0 spiro atoms. The van der Waals surface area contributed by atoms with Crippen molar-refractivity contribution in [3.63, 3.8) is 0 Å². The molecule has 19 heavy (non-hydrogen) atoms. The van der Waals surface area contributed by atoms with Crippen LogP contribution in [0.2, 0.25) is 10.0 Å². The second-order valence-corrected chi connectivity index (χ2v) is 5.03. The lowest BCUT2D eigenvalue weighted by molar-refractivity contribution is 0.0783. The van der Waals surface area contributed by atoms with Gasteiger partial charge >= 0.3 is 0 Å². The summed E-state index contributed by atoms with van der Waals surface area (Å²) in [5.41, 5.74) is 1.21. The second kappa shape index (κ2) is 5.63. The zero-order valence-corrected chi connectivity index (χ0v) is 12.1. The van der Waals surface area contributed by atoms with Gasteiger partial charge in [-0.15, -0.1) is 0 Å². The molecule has 2 rings (SSSR count). The number of aryl methyl sites for hydroxylation is 1. The van der Waals surface area contributed by atoms with Crippen LogP contribution < -0.4 is 0 Å². The summed E-state index contributed by atoms with van der Waals surface area (Å²) in [5.74, 6) is -0.182. The van der Waals surface area contributed by atoms with Crippen molar-refractivity contribution >= 4 is 29.1 Å². The average molecular weight is 298 g/mol. The van der Waals surface area contributed by atoms with E-state index in [9.17, 15) is 4.79 Å². The number of benzene rings is 1. The third-order valence-electron chi connectivity index (χ3n) is 2.70. The predicted octanol–water partition coefficient (Wildman–Crippen LogP) is 3.00. The molecular weight excluding hydrogens is 285 g/mol. The Hall–Kier alpha value is -1.52. The standard InChI is InChI=1S/C13H13Cl2N3O/c1-17(8-9-6-7-18(2)16-9)13(19)10-4-3-5-11(14)12(10)15/h3-7H,8H2,1-2H3. The minimum atomic E-state index is -0.182. The SMILES string of the molecule is CN(Cc1ccn(C)n1)C(=O)c1cccc(Cl)c1Cl.